The first-order valence-electron chi connectivity index (χ1n) is 16.8. The van der Waals surface area contributed by atoms with Gasteiger partial charge in [-0.15, -0.1) is 0 Å². The Bertz CT molecular complexity index is 2330. The van der Waals surface area contributed by atoms with Crippen LogP contribution in [0.25, 0.3) is 56.2 Å². The molecule has 1 aliphatic carbocycles. The number of hydrogen-bond acceptors (Lipinski definition) is 2. The smallest absolute Gasteiger partial charge is 0.161 e. The summed E-state index contributed by atoms with van der Waals surface area (Å²) in [5.74, 6) is 0.704. The molecule has 1 aromatic heterocycles. The molecule has 0 aliphatic heterocycles. The van der Waals surface area contributed by atoms with E-state index in [1.807, 2.05) is 12.1 Å². The summed E-state index contributed by atoms with van der Waals surface area (Å²) in [7, 11) is 0. The summed E-state index contributed by atoms with van der Waals surface area (Å²) in [6.45, 7) is 0. The maximum atomic E-state index is 5.20. The third kappa shape index (κ3) is 4.80. The van der Waals surface area contributed by atoms with E-state index in [2.05, 4.69) is 182 Å². The van der Waals surface area contributed by atoms with E-state index in [0.717, 1.165) is 39.2 Å². The molecule has 0 N–H and O–H groups in total. The molecule has 0 saturated carbocycles. The molecule has 8 aromatic rings. The van der Waals surface area contributed by atoms with Gasteiger partial charge in [0.2, 0.25) is 0 Å². The number of rotatable bonds is 6. The average molecular weight is 625 g/mol. The van der Waals surface area contributed by atoms with Crippen molar-refractivity contribution in [3.8, 4) is 56.2 Å². The molecule has 230 valence electrons. The summed E-state index contributed by atoms with van der Waals surface area (Å²) in [4.78, 5) is 10.4. The maximum Gasteiger partial charge on any atom is 0.161 e. The molecule has 2 nitrogen and oxygen atoms in total. The Balaban J connectivity index is 1.26. The molecule has 0 fully saturated rings. The second-order valence-corrected chi connectivity index (χ2v) is 12.5. The average Bonchev–Trinajstić information content (AvgIpc) is 3.50. The van der Waals surface area contributed by atoms with Crippen molar-refractivity contribution in [2.24, 2.45) is 0 Å². The van der Waals surface area contributed by atoms with Crippen molar-refractivity contribution in [1.29, 1.82) is 0 Å². The molecule has 0 saturated heterocycles. The van der Waals surface area contributed by atoms with Gasteiger partial charge in [0.1, 0.15) is 0 Å². The van der Waals surface area contributed by atoms with E-state index in [1.165, 1.54) is 33.4 Å². The molecule has 1 aliphatic rings. The monoisotopic (exact) mass is 624 g/mol. The van der Waals surface area contributed by atoms with Gasteiger partial charge < -0.3 is 0 Å². The summed E-state index contributed by atoms with van der Waals surface area (Å²) < 4.78 is 0. The van der Waals surface area contributed by atoms with Gasteiger partial charge in [-0.3, -0.25) is 0 Å². The minimum Gasteiger partial charge on any atom is -0.228 e. The molecular formula is C47H32N2. The highest BCUT2D eigenvalue weighted by molar-refractivity contribution is 5.88. The van der Waals surface area contributed by atoms with E-state index < -0.39 is 5.41 Å². The van der Waals surface area contributed by atoms with Crippen LogP contribution in [-0.2, 0) is 5.41 Å². The van der Waals surface area contributed by atoms with Crippen LogP contribution < -0.4 is 0 Å². The lowest BCUT2D eigenvalue weighted by Crippen LogP contribution is -2.28. The first-order chi connectivity index (χ1) is 24.3. The van der Waals surface area contributed by atoms with Crippen LogP contribution in [0.5, 0.6) is 0 Å². The number of fused-ring (bicyclic) bond motifs is 3. The molecule has 0 radical (unpaired) electrons. The quantitative estimate of drug-likeness (QED) is 0.184. The van der Waals surface area contributed by atoms with E-state index in [4.69, 9.17) is 9.97 Å². The van der Waals surface area contributed by atoms with Gasteiger partial charge in [-0.05, 0) is 56.6 Å². The summed E-state index contributed by atoms with van der Waals surface area (Å²) in [5.41, 5.74) is 14.3. The molecule has 9 rings (SSSR count). The van der Waals surface area contributed by atoms with E-state index in [-0.39, 0.29) is 0 Å². The number of aromatic nitrogens is 2. The molecule has 2 heteroatoms. The van der Waals surface area contributed by atoms with Crippen LogP contribution in [0, 0.1) is 0 Å². The zero-order valence-electron chi connectivity index (χ0n) is 26.9. The fraction of sp³-hybridized carbons (Fsp3) is 0.0213. The fourth-order valence-electron chi connectivity index (χ4n) is 7.64. The summed E-state index contributed by atoms with van der Waals surface area (Å²) in [6, 6.07) is 69.2. The Labute approximate surface area is 287 Å². The lowest BCUT2D eigenvalue weighted by molar-refractivity contribution is 0.769. The second-order valence-electron chi connectivity index (χ2n) is 12.5. The van der Waals surface area contributed by atoms with Crippen LogP contribution in [0.4, 0.5) is 0 Å². The van der Waals surface area contributed by atoms with E-state index in [9.17, 15) is 0 Å². The van der Waals surface area contributed by atoms with Crippen LogP contribution in [0.1, 0.15) is 22.3 Å². The van der Waals surface area contributed by atoms with E-state index in [0.29, 0.717) is 5.82 Å². The molecule has 0 amide bonds. The molecule has 0 atom stereocenters. The van der Waals surface area contributed by atoms with Gasteiger partial charge in [-0.2, -0.15) is 0 Å². The Hall–Kier alpha value is -6.38. The third-order valence-corrected chi connectivity index (χ3v) is 9.80. The van der Waals surface area contributed by atoms with Gasteiger partial charge in [-0.25, -0.2) is 9.97 Å². The van der Waals surface area contributed by atoms with Crippen molar-refractivity contribution < 1.29 is 0 Å². The van der Waals surface area contributed by atoms with Crippen LogP contribution in [0.3, 0.4) is 0 Å². The topological polar surface area (TPSA) is 25.8 Å². The number of nitrogens with zero attached hydrogens (tertiary/aromatic N) is 2. The van der Waals surface area contributed by atoms with Crippen LogP contribution in [0.2, 0.25) is 0 Å². The summed E-state index contributed by atoms with van der Waals surface area (Å²) in [5, 5.41) is 0. The molecule has 1 heterocycles. The number of hydrogen-bond donors (Lipinski definition) is 0. The highest BCUT2D eigenvalue weighted by Gasteiger charge is 2.45. The van der Waals surface area contributed by atoms with Crippen molar-refractivity contribution in [2.75, 3.05) is 0 Å². The van der Waals surface area contributed by atoms with Crippen LogP contribution in [-0.4, -0.2) is 9.97 Å². The fourth-order valence-corrected chi connectivity index (χ4v) is 7.64. The van der Waals surface area contributed by atoms with Crippen molar-refractivity contribution in [2.45, 2.75) is 5.41 Å². The Morgan fingerprint density at radius 2 is 0.735 bits per heavy atom. The lowest BCUT2D eigenvalue weighted by Gasteiger charge is -2.34. The second kappa shape index (κ2) is 12.0. The Morgan fingerprint density at radius 3 is 1.31 bits per heavy atom. The van der Waals surface area contributed by atoms with E-state index >= 15 is 0 Å². The van der Waals surface area contributed by atoms with Crippen LogP contribution >= 0.6 is 0 Å². The molecule has 49 heavy (non-hydrogen) atoms. The van der Waals surface area contributed by atoms with Crippen molar-refractivity contribution >= 4 is 0 Å². The zero-order chi connectivity index (χ0) is 32.6. The Kier molecular flexibility index (Phi) is 7.06. The highest BCUT2D eigenvalue weighted by atomic mass is 14.9. The molecule has 7 aromatic carbocycles. The van der Waals surface area contributed by atoms with Gasteiger partial charge >= 0.3 is 0 Å². The van der Waals surface area contributed by atoms with Crippen molar-refractivity contribution in [3.05, 3.63) is 216 Å². The van der Waals surface area contributed by atoms with Gasteiger partial charge in [0.05, 0.1) is 16.8 Å². The van der Waals surface area contributed by atoms with Gasteiger partial charge in [0, 0.05) is 16.7 Å². The van der Waals surface area contributed by atoms with E-state index in [1.54, 1.807) is 0 Å². The molecule has 0 unspecified atom stereocenters. The first-order valence-corrected chi connectivity index (χ1v) is 16.8. The zero-order valence-corrected chi connectivity index (χ0v) is 26.9. The predicted octanol–water partition coefficient (Wildman–Crippen LogP) is 11.5. The first kappa shape index (κ1) is 28.8. The largest absolute Gasteiger partial charge is 0.228 e. The van der Waals surface area contributed by atoms with Gasteiger partial charge in [-0.1, -0.05) is 182 Å². The van der Waals surface area contributed by atoms with Gasteiger partial charge in [0.25, 0.3) is 0 Å². The summed E-state index contributed by atoms with van der Waals surface area (Å²) >= 11 is 0. The SMILES string of the molecule is c1ccc(-c2cc(-c3ccccc3)nc(-c3ccccc3-c3cccc(C4(c5ccccc5)c5ccccc5-c5ccccc54)c3)n2)cc1. The van der Waals surface area contributed by atoms with Crippen LogP contribution in [0.15, 0.2) is 194 Å². The van der Waals surface area contributed by atoms with Crippen molar-refractivity contribution in [1.82, 2.24) is 9.97 Å². The maximum absolute atomic E-state index is 5.20. The summed E-state index contributed by atoms with van der Waals surface area (Å²) in [6.07, 6.45) is 0. The molecular weight excluding hydrogens is 593 g/mol. The predicted molar refractivity (Wildman–Crippen MR) is 201 cm³/mol. The third-order valence-electron chi connectivity index (χ3n) is 9.80. The Morgan fingerprint density at radius 1 is 0.306 bits per heavy atom. The standard InChI is InChI=1S/C47H32N2/c1-4-17-33(18-5-1)44-32-45(34-19-6-2-7-20-34)49-46(48-44)41-28-11-10-25-38(41)35-21-16-24-37(31-35)47(36-22-8-3-9-23-36)42-29-14-12-26-39(42)40-27-13-15-30-43(40)47/h1-32H. The van der Waals surface area contributed by atoms with Crippen molar-refractivity contribution in [3.63, 3.8) is 0 Å². The van der Waals surface area contributed by atoms with Gasteiger partial charge in [0.15, 0.2) is 5.82 Å². The minimum atomic E-state index is -0.469. The highest BCUT2D eigenvalue weighted by Crippen LogP contribution is 2.56. The minimum absolute atomic E-state index is 0.469. The lowest BCUT2D eigenvalue weighted by atomic mass is 9.67. The molecule has 0 bridgehead atoms. The molecule has 0 spiro atoms. The number of benzene rings is 7. The normalized spacial score (nSPS) is 12.7.